The number of phenolic OH excluding ortho intramolecular Hbond substituents is 1. The zero-order valence-electron chi connectivity index (χ0n) is 18.1. The van der Waals surface area contributed by atoms with E-state index in [0.29, 0.717) is 24.1 Å². The molecule has 160 valence electrons. The summed E-state index contributed by atoms with van der Waals surface area (Å²) in [7, 11) is 0. The zero-order valence-corrected chi connectivity index (χ0v) is 18.1. The van der Waals surface area contributed by atoms with Gasteiger partial charge in [-0.15, -0.1) is 0 Å². The van der Waals surface area contributed by atoms with E-state index in [-0.39, 0.29) is 24.1 Å². The Hall–Kier alpha value is -3.21. The van der Waals surface area contributed by atoms with Crippen molar-refractivity contribution in [2.24, 2.45) is 10.9 Å². The van der Waals surface area contributed by atoms with Crippen LogP contribution in [-0.4, -0.2) is 29.2 Å². The number of allylic oxidation sites excluding steroid dienone is 2. The molecule has 3 atom stereocenters. The van der Waals surface area contributed by atoms with Crippen molar-refractivity contribution in [2.45, 2.75) is 45.4 Å². The molecule has 31 heavy (non-hydrogen) atoms. The van der Waals surface area contributed by atoms with Crippen LogP contribution in [-0.2, 0) is 14.3 Å². The molecule has 0 bridgehead atoms. The number of aromatic hydroxyl groups is 1. The zero-order chi connectivity index (χ0) is 22.1. The van der Waals surface area contributed by atoms with Crippen molar-refractivity contribution in [1.29, 1.82) is 0 Å². The summed E-state index contributed by atoms with van der Waals surface area (Å²) < 4.78 is 5.33. The molecule has 0 amide bonds. The van der Waals surface area contributed by atoms with Gasteiger partial charge in [-0.05, 0) is 56.4 Å². The predicted molar refractivity (Wildman–Crippen MR) is 119 cm³/mol. The minimum Gasteiger partial charge on any atom is -0.508 e. The Morgan fingerprint density at radius 3 is 2.52 bits per heavy atom. The maximum atomic E-state index is 13.4. The van der Waals surface area contributed by atoms with Gasteiger partial charge in [0.05, 0.1) is 6.61 Å². The van der Waals surface area contributed by atoms with Crippen molar-refractivity contribution in [2.75, 3.05) is 6.61 Å². The van der Waals surface area contributed by atoms with Crippen molar-refractivity contribution < 1.29 is 19.4 Å². The van der Waals surface area contributed by atoms with E-state index in [1.165, 1.54) is 5.56 Å². The quantitative estimate of drug-likeness (QED) is 0.723. The fourth-order valence-corrected chi connectivity index (χ4v) is 4.75. The number of carbonyl (C=O) groups excluding carboxylic acids is 2. The molecule has 1 aliphatic heterocycles. The third-order valence-electron chi connectivity index (χ3n) is 6.21. The minimum absolute atomic E-state index is 0.00529. The number of benzene rings is 2. The Morgan fingerprint density at radius 1 is 1.10 bits per heavy atom. The maximum absolute atomic E-state index is 13.4. The van der Waals surface area contributed by atoms with Gasteiger partial charge in [0.25, 0.3) is 0 Å². The number of aliphatic imine (C=N–C) groups is 1. The van der Waals surface area contributed by atoms with Crippen LogP contribution >= 0.6 is 0 Å². The Labute approximate surface area is 182 Å². The fraction of sp³-hybridized carbons (Fsp3) is 0.346. The number of aryl methyl sites for hydroxylation is 1. The lowest BCUT2D eigenvalue weighted by atomic mass is 9.69. The van der Waals surface area contributed by atoms with Gasteiger partial charge in [-0.1, -0.05) is 42.0 Å². The van der Waals surface area contributed by atoms with E-state index in [0.717, 1.165) is 16.8 Å². The van der Waals surface area contributed by atoms with Gasteiger partial charge >= 0.3 is 5.97 Å². The number of hydrogen-bond acceptors (Lipinski definition) is 5. The van der Waals surface area contributed by atoms with Crippen LogP contribution in [0.4, 0.5) is 0 Å². The lowest BCUT2D eigenvalue weighted by molar-refractivity contribution is -0.146. The summed E-state index contributed by atoms with van der Waals surface area (Å²) in [4.78, 5) is 31.1. The van der Waals surface area contributed by atoms with Crippen molar-refractivity contribution >= 4 is 17.5 Å². The number of hydrogen-bond donors (Lipinski definition) is 1. The number of nitrogens with zero attached hydrogens (tertiary/aromatic N) is 1. The molecule has 0 radical (unpaired) electrons. The van der Waals surface area contributed by atoms with E-state index in [1.54, 1.807) is 25.1 Å². The normalized spacial score (nSPS) is 23.3. The summed E-state index contributed by atoms with van der Waals surface area (Å²) in [6.07, 6.45) is 1.02. The average molecular weight is 418 g/mol. The number of ketones is 1. The van der Waals surface area contributed by atoms with Gasteiger partial charge in [0.15, 0.2) is 5.78 Å². The highest BCUT2D eigenvalue weighted by Gasteiger charge is 2.44. The molecule has 0 spiro atoms. The first-order chi connectivity index (χ1) is 14.9. The van der Waals surface area contributed by atoms with Gasteiger partial charge < -0.3 is 9.84 Å². The molecule has 0 saturated heterocycles. The molecule has 5 heteroatoms. The SMILES string of the molecule is CCOC(=O)C1C(C)=NC2=C(C(=O)CC(c3ccc(C)cc3)C2)C1c1cccc(O)c1. The molecule has 0 fully saturated rings. The lowest BCUT2D eigenvalue weighted by Gasteiger charge is -2.36. The van der Waals surface area contributed by atoms with Crippen molar-refractivity contribution in [3.63, 3.8) is 0 Å². The summed E-state index contributed by atoms with van der Waals surface area (Å²) in [5.41, 5.74) is 4.99. The lowest BCUT2D eigenvalue weighted by Crippen LogP contribution is -2.38. The van der Waals surface area contributed by atoms with Crippen molar-refractivity contribution in [1.82, 2.24) is 0 Å². The molecule has 2 aromatic carbocycles. The number of rotatable bonds is 4. The number of carbonyl (C=O) groups is 2. The fourth-order valence-electron chi connectivity index (χ4n) is 4.75. The van der Waals surface area contributed by atoms with Gasteiger partial charge in [-0.2, -0.15) is 0 Å². The van der Waals surface area contributed by atoms with E-state index in [2.05, 4.69) is 24.3 Å². The topological polar surface area (TPSA) is 76.0 Å². The minimum atomic E-state index is -0.680. The second kappa shape index (κ2) is 8.50. The number of phenols is 1. The molecule has 0 aromatic heterocycles. The molecular formula is C26H27NO4. The van der Waals surface area contributed by atoms with Gasteiger partial charge in [0.2, 0.25) is 0 Å². The van der Waals surface area contributed by atoms with Crippen LogP contribution in [0.1, 0.15) is 55.2 Å². The molecule has 0 saturated carbocycles. The molecule has 2 aromatic rings. The second-order valence-electron chi connectivity index (χ2n) is 8.35. The highest BCUT2D eigenvalue weighted by molar-refractivity contribution is 6.09. The first-order valence-corrected chi connectivity index (χ1v) is 10.7. The molecule has 2 aliphatic rings. The average Bonchev–Trinajstić information content (AvgIpc) is 2.73. The molecule has 1 heterocycles. The van der Waals surface area contributed by atoms with Gasteiger partial charge in [0.1, 0.15) is 11.7 Å². The number of Topliss-reactive ketones (excluding diaryl/α,β-unsaturated/α-hetero) is 1. The molecule has 1 aliphatic carbocycles. The maximum Gasteiger partial charge on any atom is 0.315 e. The van der Waals surface area contributed by atoms with Crippen molar-refractivity contribution in [3.8, 4) is 5.75 Å². The third-order valence-corrected chi connectivity index (χ3v) is 6.21. The molecule has 1 N–H and O–H groups in total. The molecule has 5 nitrogen and oxygen atoms in total. The Kier molecular flexibility index (Phi) is 5.77. The summed E-state index contributed by atoms with van der Waals surface area (Å²) in [6.45, 7) is 5.88. The van der Waals surface area contributed by atoms with E-state index >= 15 is 0 Å². The number of esters is 1. The van der Waals surface area contributed by atoms with Crippen LogP contribution in [0.5, 0.6) is 5.75 Å². The van der Waals surface area contributed by atoms with Crippen LogP contribution < -0.4 is 0 Å². The predicted octanol–water partition coefficient (Wildman–Crippen LogP) is 4.84. The van der Waals surface area contributed by atoms with E-state index in [4.69, 9.17) is 9.73 Å². The summed E-state index contributed by atoms with van der Waals surface area (Å²) in [5.74, 6) is -1.41. The van der Waals surface area contributed by atoms with Crippen LogP contribution in [0.15, 0.2) is 64.8 Å². The van der Waals surface area contributed by atoms with Crippen LogP contribution in [0, 0.1) is 12.8 Å². The largest absolute Gasteiger partial charge is 0.508 e. The highest BCUT2D eigenvalue weighted by Crippen LogP contribution is 2.47. The van der Waals surface area contributed by atoms with Crippen molar-refractivity contribution in [3.05, 3.63) is 76.5 Å². The smallest absolute Gasteiger partial charge is 0.315 e. The summed E-state index contributed by atoms with van der Waals surface area (Å²) in [6, 6.07) is 15.1. The summed E-state index contributed by atoms with van der Waals surface area (Å²) in [5, 5.41) is 10.1. The highest BCUT2D eigenvalue weighted by atomic mass is 16.5. The van der Waals surface area contributed by atoms with E-state index < -0.39 is 17.8 Å². The molecule has 3 unspecified atom stereocenters. The van der Waals surface area contributed by atoms with Gasteiger partial charge in [-0.25, -0.2) is 0 Å². The first-order valence-electron chi connectivity index (χ1n) is 10.7. The van der Waals surface area contributed by atoms with E-state index in [9.17, 15) is 14.7 Å². The molecule has 4 rings (SSSR count). The van der Waals surface area contributed by atoms with Gasteiger partial charge in [0, 0.05) is 29.3 Å². The second-order valence-corrected chi connectivity index (χ2v) is 8.35. The molecular weight excluding hydrogens is 390 g/mol. The monoisotopic (exact) mass is 417 g/mol. The van der Waals surface area contributed by atoms with Crippen LogP contribution in [0.3, 0.4) is 0 Å². The third kappa shape index (κ3) is 4.05. The number of ether oxygens (including phenoxy) is 1. The summed E-state index contributed by atoms with van der Waals surface area (Å²) >= 11 is 0. The Morgan fingerprint density at radius 2 is 1.84 bits per heavy atom. The van der Waals surface area contributed by atoms with Crippen LogP contribution in [0.25, 0.3) is 0 Å². The van der Waals surface area contributed by atoms with Crippen LogP contribution in [0.2, 0.25) is 0 Å². The first kappa shape index (κ1) is 21.0. The Balaban J connectivity index is 1.80. The van der Waals surface area contributed by atoms with Gasteiger partial charge in [-0.3, -0.25) is 14.6 Å². The Bertz CT molecular complexity index is 1080. The standard InChI is InChI=1S/C26H27NO4/c1-4-31-26(30)23-16(3)27-21-13-19(17-10-8-15(2)9-11-17)14-22(29)25(21)24(23)18-6-5-7-20(28)12-18/h5-12,19,23-24,28H,4,13-14H2,1-3H3. The van der Waals surface area contributed by atoms with E-state index in [1.807, 2.05) is 19.9 Å².